The van der Waals surface area contributed by atoms with Crippen molar-refractivity contribution in [3.05, 3.63) is 35.6 Å². The second-order valence-corrected chi connectivity index (χ2v) is 6.18. The van der Waals surface area contributed by atoms with Gasteiger partial charge in [-0.15, -0.1) is 0 Å². The Balaban J connectivity index is 1.50. The molecule has 0 aliphatic carbocycles. The fourth-order valence-corrected chi connectivity index (χ4v) is 3.20. The number of carbonyl (C=O) groups is 2. The summed E-state index contributed by atoms with van der Waals surface area (Å²) in [4.78, 5) is 28.2. The number of amides is 2. The highest BCUT2D eigenvalue weighted by Gasteiger charge is 2.27. The van der Waals surface area contributed by atoms with Gasteiger partial charge in [0.05, 0.1) is 0 Å². The zero-order valence-electron chi connectivity index (χ0n) is 13.1. The summed E-state index contributed by atoms with van der Waals surface area (Å²) in [5, 5.41) is 3.34. The van der Waals surface area contributed by atoms with Gasteiger partial charge in [0.2, 0.25) is 5.91 Å². The van der Waals surface area contributed by atoms with E-state index in [4.69, 9.17) is 0 Å². The van der Waals surface area contributed by atoms with E-state index in [2.05, 4.69) is 5.32 Å². The van der Waals surface area contributed by atoms with Crippen molar-refractivity contribution in [2.75, 3.05) is 32.7 Å². The molecule has 1 atom stereocenters. The third kappa shape index (κ3) is 3.88. The molecule has 1 aromatic rings. The Morgan fingerprint density at radius 3 is 2.35 bits per heavy atom. The second-order valence-electron chi connectivity index (χ2n) is 6.18. The van der Waals surface area contributed by atoms with Crippen molar-refractivity contribution < 1.29 is 14.0 Å². The Kier molecular flexibility index (Phi) is 4.91. The molecule has 2 amide bonds. The van der Waals surface area contributed by atoms with Gasteiger partial charge in [0, 0.05) is 44.2 Å². The van der Waals surface area contributed by atoms with Gasteiger partial charge in [-0.2, -0.15) is 0 Å². The summed E-state index contributed by atoms with van der Waals surface area (Å²) in [6.45, 7) is 3.19. The molecule has 2 aliphatic heterocycles. The lowest BCUT2D eigenvalue weighted by molar-refractivity contribution is -0.133. The number of nitrogens with one attached hydrogen (secondary N) is 1. The predicted octanol–water partition coefficient (Wildman–Crippen LogP) is 1.25. The number of carbonyl (C=O) groups excluding carboxylic acids is 2. The number of piperazine rings is 1. The molecule has 0 saturated carbocycles. The molecule has 3 rings (SSSR count). The summed E-state index contributed by atoms with van der Waals surface area (Å²) in [5.41, 5.74) is 0.487. The predicted molar refractivity (Wildman–Crippen MR) is 84.5 cm³/mol. The monoisotopic (exact) mass is 319 g/mol. The van der Waals surface area contributed by atoms with Crippen LogP contribution in [-0.2, 0) is 4.79 Å². The summed E-state index contributed by atoms with van der Waals surface area (Å²) < 4.78 is 12.9. The van der Waals surface area contributed by atoms with Crippen LogP contribution in [0.1, 0.15) is 29.6 Å². The van der Waals surface area contributed by atoms with E-state index >= 15 is 0 Å². The van der Waals surface area contributed by atoms with E-state index in [1.165, 1.54) is 24.3 Å². The standard InChI is InChI=1S/C17H22FN3O2/c18-14-5-3-13(4-6-14)17(23)21-10-8-20(9-11-21)16(22)12-15-2-1-7-19-15/h3-6,15,19H,1-2,7-12H2. The van der Waals surface area contributed by atoms with E-state index in [0.717, 1.165) is 19.4 Å². The Hall–Kier alpha value is -1.95. The van der Waals surface area contributed by atoms with Crippen LogP contribution in [0, 0.1) is 5.82 Å². The molecule has 1 aromatic carbocycles. The molecule has 2 aliphatic rings. The van der Waals surface area contributed by atoms with Crippen LogP contribution >= 0.6 is 0 Å². The van der Waals surface area contributed by atoms with Crippen LogP contribution in [0.4, 0.5) is 4.39 Å². The first-order chi connectivity index (χ1) is 11.1. The van der Waals surface area contributed by atoms with Crippen molar-refractivity contribution in [3.63, 3.8) is 0 Å². The molecule has 23 heavy (non-hydrogen) atoms. The minimum atomic E-state index is -0.350. The summed E-state index contributed by atoms with van der Waals surface area (Å²) in [7, 11) is 0. The van der Waals surface area contributed by atoms with Crippen molar-refractivity contribution >= 4 is 11.8 Å². The van der Waals surface area contributed by atoms with Crippen LogP contribution in [0.15, 0.2) is 24.3 Å². The van der Waals surface area contributed by atoms with Crippen LogP contribution in [0.2, 0.25) is 0 Å². The molecule has 2 fully saturated rings. The smallest absolute Gasteiger partial charge is 0.253 e. The molecular formula is C17H22FN3O2. The maximum Gasteiger partial charge on any atom is 0.253 e. The quantitative estimate of drug-likeness (QED) is 0.912. The minimum Gasteiger partial charge on any atom is -0.339 e. The Labute approximate surface area is 135 Å². The first-order valence-electron chi connectivity index (χ1n) is 8.19. The highest BCUT2D eigenvalue weighted by atomic mass is 19.1. The molecule has 0 spiro atoms. The molecule has 5 nitrogen and oxygen atoms in total. The first kappa shape index (κ1) is 15.9. The Morgan fingerprint density at radius 2 is 1.74 bits per heavy atom. The number of hydrogen-bond donors (Lipinski definition) is 1. The first-order valence-corrected chi connectivity index (χ1v) is 8.19. The molecule has 124 valence electrons. The Morgan fingerprint density at radius 1 is 1.09 bits per heavy atom. The number of hydrogen-bond acceptors (Lipinski definition) is 3. The van der Waals surface area contributed by atoms with Crippen molar-refractivity contribution in [2.45, 2.75) is 25.3 Å². The molecular weight excluding hydrogens is 297 g/mol. The van der Waals surface area contributed by atoms with E-state index in [-0.39, 0.29) is 17.6 Å². The third-order valence-corrected chi connectivity index (χ3v) is 4.59. The largest absolute Gasteiger partial charge is 0.339 e. The van der Waals surface area contributed by atoms with Crippen molar-refractivity contribution in [2.24, 2.45) is 0 Å². The molecule has 0 aromatic heterocycles. The van der Waals surface area contributed by atoms with Gasteiger partial charge in [0.25, 0.3) is 5.91 Å². The molecule has 2 saturated heterocycles. The van der Waals surface area contributed by atoms with E-state index < -0.39 is 0 Å². The van der Waals surface area contributed by atoms with Crippen LogP contribution in [0.5, 0.6) is 0 Å². The van der Waals surface area contributed by atoms with Gasteiger partial charge >= 0.3 is 0 Å². The zero-order valence-corrected chi connectivity index (χ0v) is 13.1. The van der Waals surface area contributed by atoms with Gasteiger partial charge in [-0.1, -0.05) is 0 Å². The van der Waals surface area contributed by atoms with Crippen molar-refractivity contribution in [1.29, 1.82) is 0 Å². The second kappa shape index (κ2) is 7.08. The van der Waals surface area contributed by atoms with Crippen LogP contribution in [0.3, 0.4) is 0 Å². The molecule has 1 unspecified atom stereocenters. The van der Waals surface area contributed by atoms with Gasteiger partial charge in [-0.25, -0.2) is 4.39 Å². The Bertz CT molecular complexity index is 562. The summed E-state index contributed by atoms with van der Waals surface area (Å²) in [5.74, 6) is -0.287. The molecule has 2 heterocycles. The fraction of sp³-hybridized carbons (Fsp3) is 0.529. The lowest BCUT2D eigenvalue weighted by Crippen LogP contribution is -2.51. The van der Waals surface area contributed by atoms with E-state index in [9.17, 15) is 14.0 Å². The molecule has 6 heteroatoms. The fourth-order valence-electron chi connectivity index (χ4n) is 3.20. The van der Waals surface area contributed by atoms with Gasteiger partial charge in [-0.3, -0.25) is 9.59 Å². The summed E-state index contributed by atoms with van der Waals surface area (Å²) >= 11 is 0. The third-order valence-electron chi connectivity index (χ3n) is 4.59. The molecule has 0 bridgehead atoms. The van der Waals surface area contributed by atoms with Crippen molar-refractivity contribution in [3.8, 4) is 0 Å². The maximum absolute atomic E-state index is 12.9. The number of rotatable bonds is 3. The zero-order chi connectivity index (χ0) is 16.2. The van der Waals surface area contributed by atoms with E-state index in [1.807, 2.05) is 4.90 Å². The summed E-state index contributed by atoms with van der Waals surface area (Å²) in [6, 6.07) is 5.90. The van der Waals surface area contributed by atoms with Gasteiger partial charge < -0.3 is 15.1 Å². The summed E-state index contributed by atoms with van der Waals surface area (Å²) in [6.07, 6.45) is 2.75. The van der Waals surface area contributed by atoms with Crippen molar-refractivity contribution in [1.82, 2.24) is 15.1 Å². The van der Waals surface area contributed by atoms with Gasteiger partial charge in [0.1, 0.15) is 5.82 Å². The topological polar surface area (TPSA) is 52.7 Å². The van der Waals surface area contributed by atoms with Gasteiger partial charge in [-0.05, 0) is 43.7 Å². The average Bonchev–Trinajstić information content (AvgIpc) is 3.08. The molecule has 1 N–H and O–H groups in total. The molecule has 0 radical (unpaired) electrons. The van der Waals surface area contributed by atoms with Crippen LogP contribution in [0.25, 0.3) is 0 Å². The van der Waals surface area contributed by atoms with Crippen LogP contribution < -0.4 is 5.32 Å². The highest BCUT2D eigenvalue weighted by molar-refractivity contribution is 5.94. The SMILES string of the molecule is O=C(CC1CCCN1)N1CCN(C(=O)c2ccc(F)cc2)CC1. The lowest BCUT2D eigenvalue weighted by atomic mass is 10.1. The average molecular weight is 319 g/mol. The minimum absolute atomic E-state index is 0.102. The maximum atomic E-state index is 12.9. The highest BCUT2D eigenvalue weighted by Crippen LogP contribution is 2.14. The van der Waals surface area contributed by atoms with Crippen LogP contribution in [-0.4, -0.2) is 60.4 Å². The van der Waals surface area contributed by atoms with E-state index in [0.29, 0.717) is 44.2 Å². The number of halogens is 1. The number of benzene rings is 1. The normalized spacial score (nSPS) is 21.5. The van der Waals surface area contributed by atoms with E-state index in [1.54, 1.807) is 4.90 Å². The van der Waals surface area contributed by atoms with Gasteiger partial charge in [0.15, 0.2) is 0 Å². The lowest BCUT2D eigenvalue weighted by Gasteiger charge is -2.35. The number of nitrogens with zero attached hydrogens (tertiary/aromatic N) is 2.